The summed E-state index contributed by atoms with van der Waals surface area (Å²) in [6, 6.07) is 24.4. The Morgan fingerprint density at radius 3 is 0.933 bits per heavy atom. The average Bonchev–Trinajstić information content (AvgIpc) is 1.60. The monoisotopic (exact) mass is 2670 g/mol. The van der Waals surface area contributed by atoms with Crippen LogP contribution in [0.1, 0.15) is 114 Å². The fourth-order valence-electron chi connectivity index (χ4n) is 11.3. The van der Waals surface area contributed by atoms with Crippen molar-refractivity contribution in [3.63, 3.8) is 0 Å². The second kappa shape index (κ2) is 73.1. The van der Waals surface area contributed by atoms with E-state index in [9.17, 15) is 72.7 Å². The van der Waals surface area contributed by atoms with Crippen molar-refractivity contribution in [2.75, 3.05) is 80.4 Å². The zero-order chi connectivity index (χ0) is 109. The molecule has 0 unspecified atom stereocenters. The predicted octanol–water partition coefficient (Wildman–Crippen LogP) is 17.7. The maximum atomic E-state index is 13.8. The first-order valence-electron chi connectivity index (χ1n) is 39.6. The fourth-order valence-corrected chi connectivity index (χ4v) is 11.5. The number of fused-ring (bicyclic) bond motifs is 6. The van der Waals surface area contributed by atoms with Crippen LogP contribution in [0.15, 0.2) is 121 Å². The van der Waals surface area contributed by atoms with Crippen molar-refractivity contribution in [2.45, 2.75) is 63.3 Å². The van der Waals surface area contributed by atoms with Crippen molar-refractivity contribution in [1.82, 2.24) is 0 Å². The van der Waals surface area contributed by atoms with Gasteiger partial charge in [0.15, 0.2) is 146 Å². The number of aliphatic hydroxyl groups is 1. The van der Waals surface area contributed by atoms with Gasteiger partial charge in [-0.25, -0.2) is 61.3 Å². The van der Waals surface area contributed by atoms with E-state index in [4.69, 9.17) is 158 Å². The number of hydrogen-bond acceptors (Lipinski definition) is 30. The molecule has 8 aliphatic rings. The number of halogens is 21. The number of aromatic hydroxyl groups is 4. The minimum absolute atomic E-state index is 0. The van der Waals surface area contributed by atoms with Crippen LogP contribution < -0.4 is 135 Å². The van der Waals surface area contributed by atoms with Gasteiger partial charge in [0.05, 0.1) is 79.9 Å². The molecule has 795 valence electrons. The first-order chi connectivity index (χ1) is 69.6. The van der Waals surface area contributed by atoms with Crippen LogP contribution in [0.4, 0.5) is 43.9 Å². The number of ether oxygens (including phenoxy) is 17. The molecule has 3 radical (unpaired) electrons. The Morgan fingerprint density at radius 2 is 0.647 bits per heavy atom. The van der Waals surface area contributed by atoms with Crippen molar-refractivity contribution in [3.8, 4) is 115 Å². The van der Waals surface area contributed by atoms with Crippen LogP contribution in [0.2, 0.25) is 0 Å². The number of hydrogen-bond donors (Lipinski definition) is 5. The van der Waals surface area contributed by atoms with Crippen LogP contribution in [0.3, 0.4) is 0 Å². The van der Waals surface area contributed by atoms with E-state index >= 15 is 0 Å². The van der Waals surface area contributed by atoms with Gasteiger partial charge >= 0.3 is 65.5 Å². The number of aldehydes is 5. The van der Waals surface area contributed by atoms with E-state index in [0.717, 1.165) is 48.5 Å². The van der Waals surface area contributed by atoms with Gasteiger partial charge in [-0.3, -0.25) is 28.8 Å². The summed E-state index contributed by atoms with van der Waals surface area (Å²) in [4.78, 5) is 68.1. The van der Waals surface area contributed by atoms with Crippen LogP contribution in [-0.4, -0.2) is 163 Å². The molecule has 32 nitrogen and oxygen atoms in total. The molecule has 2 saturated carbocycles. The van der Waals surface area contributed by atoms with E-state index < -0.39 is 89.9 Å². The Balaban J connectivity index is 0. The van der Waals surface area contributed by atoms with Gasteiger partial charge in [-0.15, -0.1) is 118 Å². The molecular weight excluding hydrogens is 2600 g/mol. The second-order valence-corrected chi connectivity index (χ2v) is 44.1. The number of carbonyl (C=O) groups excluding carboxylic acids is 6. The number of aliphatic hydroxyl groups excluding tert-OH is 1. The maximum Gasteiger partial charge on any atom is 1.00 e. The van der Waals surface area contributed by atoms with E-state index in [1.807, 2.05) is 0 Å². The van der Waals surface area contributed by atoms with Gasteiger partial charge in [-0.2, -0.15) is 0 Å². The number of methoxy groups -OCH3 is 4. The van der Waals surface area contributed by atoms with Crippen LogP contribution in [-0.2, 0) is 48.9 Å². The van der Waals surface area contributed by atoms with Crippen molar-refractivity contribution >= 4 is 217 Å². The molecule has 2 fully saturated rings. The van der Waals surface area contributed by atoms with Gasteiger partial charge < -0.3 is 129 Å². The summed E-state index contributed by atoms with van der Waals surface area (Å²) in [6.45, 7) is 19.2. The van der Waals surface area contributed by atoms with Crippen molar-refractivity contribution in [3.05, 3.63) is 265 Å². The molecule has 0 atom stereocenters. The van der Waals surface area contributed by atoms with Gasteiger partial charge in [0, 0.05) is 131 Å². The Bertz CT molecular complexity index is 6070. The number of phenolic OH excluding ortho intramolecular Hbond substituents is 4. The summed E-state index contributed by atoms with van der Waals surface area (Å²) in [7, 11) is 13.0. The number of phenols is 4. The molecule has 0 bridgehead atoms. The molecule has 0 amide bonds. The molecule has 5 N–H and O–H groups in total. The van der Waals surface area contributed by atoms with Gasteiger partial charge in [-0.1, -0.05) is 23.4 Å². The minimum Gasteiger partial charge on any atom is -1.00 e. The van der Waals surface area contributed by atoms with Gasteiger partial charge in [-0.05, 0) is 73.5 Å². The summed E-state index contributed by atoms with van der Waals surface area (Å²) in [5.74, 6) is -0.230. The Hall–Kier alpha value is -9.39. The largest absolute Gasteiger partial charge is 1.00 e. The van der Waals surface area contributed by atoms with Crippen molar-refractivity contribution in [2.24, 2.45) is 0 Å². The van der Waals surface area contributed by atoms with Crippen LogP contribution >= 0.6 is 155 Å². The Labute approximate surface area is 978 Å². The third-order valence-corrected chi connectivity index (χ3v) is 19.7. The molecule has 10 aromatic rings. The van der Waals surface area contributed by atoms with Crippen molar-refractivity contribution < 1.29 is 243 Å². The zero-order valence-electron chi connectivity index (χ0n) is 78.6. The standard InChI is InChI=1S/C11H8FNO2.C11H9FO4.C9H6FNO2.2C9H9FO3.C8H6ClFO2.C8H7FO3.C8H5FO3.2C7H5FO3.C2H4BrCl.CN.CH4.2BBr3.B.Cl2OS.2Na.H/c1-13-11(2-3-11)7-4-9-10(5-8(7)12)15-6-14-9;12-8-4-10-9(14-6-15-10)3-7(8)11(1-2-11)16-5-13;1-11-4-6-2-8-9(3-7(6)10)13-5-12-8;2*1-12-8-3-6(5-11)7(10)4-9(8)13-2;9-3-5-1-7-8(2-6(5)10)12-4-11-7;2*9-6-2-8-7(11-4-12-8)1-5(6)3-10;2*8-5-2-7(11)6(10)1-4(5)3-9;3-1-2-4;1-2;;2*2-1(3)4;;1-4(2)3;;;/h4-5H,2-3,6H2;3-5H,1-2,6H2;2-3H,4-5H2;2*3-5H,1-2H3;1-2H,3-4H2;1-2,10H,3-4H2;1-3H,4H2;2*1-3,10-11H;1-2H2;;1H4;;;;;;;/q;;;;;;;;;;;-1;;;;;;2*+1;-1. The molecule has 0 saturated heterocycles. The summed E-state index contributed by atoms with van der Waals surface area (Å²) < 4.78 is 225. The number of rotatable bonds is 17. The van der Waals surface area contributed by atoms with Gasteiger partial charge in [0.25, 0.3) is 12.0 Å². The van der Waals surface area contributed by atoms with E-state index in [1.165, 1.54) is 89.1 Å². The van der Waals surface area contributed by atoms with Gasteiger partial charge in [0.1, 0.15) is 63.8 Å². The normalized spacial score (nSPS) is 12.2. The molecule has 0 spiro atoms. The molecular formula is C91H78B3Br7Cl4F10N3Na2O29S. The molecule has 150 heavy (non-hydrogen) atoms. The van der Waals surface area contributed by atoms with E-state index in [-0.39, 0.29) is 212 Å². The molecule has 2 aliphatic carbocycles. The van der Waals surface area contributed by atoms with Crippen molar-refractivity contribution in [1.29, 1.82) is 5.26 Å². The molecule has 6 heterocycles. The molecule has 59 heteroatoms. The summed E-state index contributed by atoms with van der Waals surface area (Å²) in [6.07, 6.45) is 4.56. The average molecular weight is 2680 g/mol. The number of benzene rings is 10. The fraction of sp³-hybridized carbons (Fsp3) is 0.242. The summed E-state index contributed by atoms with van der Waals surface area (Å²) >= 11 is 32.4. The SMILES string of the molecule is BrB(Br)Br.BrB(Br)Br.C.COc1cc(F)c(C=O)cc1OC.COc1cc(F)c(C=O)cc1OC.ClCCBr.Fc1cc2c(cc1CCl)OCO2.O=COC1(c2cc3c(cc2F)OCO3)CC1.O=Cc1cc(O)c(O)cc1F.O=Cc1cc(O)c(O)cc1F.O=Cc1cc2c(cc1F)OCO2.O=S(Cl)Cl.OCc1cc2c(cc1F)OCO2.[B].[C-]#N.[C-]#[N+]C1(c2cc3c(cc2F)OCO3)CC1.[C-]#[N+]Cc1cc2c(cc1F)OCO2.[H-].[Na+].[Na+]. The number of nitrogens with zero attached hydrogens (tertiary/aromatic N) is 3. The van der Waals surface area contributed by atoms with Crippen LogP contribution in [0.5, 0.6) is 115 Å². The zero-order valence-corrected chi connectivity index (χ0v) is 96.5. The summed E-state index contributed by atoms with van der Waals surface area (Å²) in [5, 5.41) is 50.8. The first kappa shape index (κ1) is 141. The first-order valence-corrected chi connectivity index (χ1v) is 50.1. The molecule has 18 rings (SSSR count). The number of carbonyl (C=O) groups is 6. The molecule has 0 aromatic heterocycles. The Kier molecular flexibility index (Phi) is 68.5. The van der Waals surface area contributed by atoms with Crippen LogP contribution in [0, 0.1) is 83.2 Å². The molecule has 10 aromatic carbocycles. The topological polar surface area (TPSA) is 410 Å². The van der Waals surface area contributed by atoms with Gasteiger partial charge in [0.2, 0.25) is 56.5 Å². The van der Waals surface area contributed by atoms with E-state index in [0.29, 0.717) is 159 Å². The third kappa shape index (κ3) is 45.0. The Morgan fingerprint density at radius 1 is 0.407 bits per heavy atom. The third-order valence-electron chi connectivity index (χ3n) is 18.4. The second-order valence-electron chi connectivity index (χ2n) is 27.3. The maximum absolute atomic E-state index is 13.8. The smallest absolute Gasteiger partial charge is 1.00 e. The number of alkyl halides is 3. The van der Waals surface area contributed by atoms with E-state index in [2.05, 4.69) is 142 Å². The predicted molar refractivity (Wildman–Crippen MR) is 550 cm³/mol. The minimum atomic E-state index is -1.67. The molecule has 6 aliphatic heterocycles. The van der Waals surface area contributed by atoms with Crippen LogP contribution in [0.25, 0.3) is 9.69 Å². The summed E-state index contributed by atoms with van der Waals surface area (Å²) in [5.41, 5.74) is -0.266. The quantitative estimate of drug-likeness (QED) is 0.0107. The van der Waals surface area contributed by atoms with E-state index in [1.54, 1.807) is 18.2 Å².